The molecule has 5 heteroatoms. The Morgan fingerprint density at radius 2 is 1.43 bits per heavy atom. The van der Waals surface area contributed by atoms with Crippen LogP contribution >= 0.6 is 12.4 Å². The molecule has 4 aromatic rings. The second-order valence-corrected chi connectivity index (χ2v) is 7.44. The second-order valence-electron chi connectivity index (χ2n) is 7.44. The lowest BCUT2D eigenvalue weighted by molar-refractivity contribution is 0.0745. The van der Waals surface area contributed by atoms with Crippen molar-refractivity contribution in [2.24, 2.45) is 0 Å². The summed E-state index contributed by atoms with van der Waals surface area (Å²) in [7, 11) is 0. The number of halogens is 3. The van der Waals surface area contributed by atoms with Crippen LogP contribution in [0.1, 0.15) is 18.0 Å². The quantitative estimate of drug-likeness (QED) is 0.448. The molecule has 1 saturated heterocycles. The first-order valence-electron chi connectivity index (χ1n) is 9.62. The number of alkyl halides is 2. The highest BCUT2D eigenvalue weighted by molar-refractivity contribution is 6.23. The van der Waals surface area contributed by atoms with E-state index in [9.17, 15) is 8.78 Å². The largest absolute Gasteiger partial charge is 0.314 e. The fourth-order valence-electron chi connectivity index (χ4n) is 4.68. The number of rotatable bonds is 4. The monoisotopic (exact) mass is 400 g/mol. The van der Waals surface area contributed by atoms with Crippen molar-refractivity contribution in [1.82, 2.24) is 10.2 Å². The van der Waals surface area contributed by atoms with E-state index in [0.717, 1.165) is 37.1 Å². The molecule has 0 saturated carbocycles. The van der Waals surface area contributed by atoms with Crippen LogP contribution in [0.15, 0.2) is 54.6 Å². The number of hydrogen-bond acceptors (Lipinski definition) is 2. The first kappa shape index (κ1) is 19.3. The lowest BCUT2D eigenvalue weighted by Crippen LogP contribution is -2.45. The van der Waals surface area contributed by atoms with Gasteiger partial charge in [0.15, 0.2) is 0 Å². The molecule has 28 heavy (non-hydrogen) atoms. The lowest BCUT2D eigenvalue weighted by Gasteiger charge is -2.36. The third-order valence-corrected chi connectivity index (χ3v) is 5.92. The zero-order chi connectivity index (χ0) is 18.4. The van der Waals surface area contributed by atoms with Gasteiger partial charge < -0.3 is 5.32 Å². The molecule has 1 heterocycles. The van der Waals surface area contributed by atoms with Crippen molar-refractivity contribution in [2.75, 3.05) is 26.2 Å². The van der Waals surface area contributed by atoms with E-state index in [1.165, 1.54) is 26.9 Å². The Kier molecular flexibility index (Phi) is 5.37. The van der Waals surface area contributed by atoms with Gasteiger partial charge in [0.05, 0.1) is 0 Å². The first-order valence-corrected chi connectivity index (χ1v) is 9.62. The molecule has 0 aromatic heterocycles. The zero-order valence-electron chi connectivity index (χ0n) is 15.5. The Hall–Kier alpha value is -2.01. The summed E-state index contributed by atoms with van der Waals surface area (Å²) in [5.74, 6) is 0. The summed E-state index contributed by atoms with van der Waals surface area (Å²) in [4.78, 5) is 2.22. The Morgan fingerprint density at radius 1 is 0.821 bits per heavy atom. The molecule has 4 aromatic carbocycles. The van der Waals surface area contributed by atoms with Crippen LogP contribution in [0.2, 0.25) is 0 Å². The maximum atomic E-state index is 13.5. The third-order valence-electron chi connectivity index (χ3n) is 5.92. The molecular formula is C23H23ClF2N2. The van der Waals surface area contributed by atoms with Gasteiger partial charge in [0.2, 0.25) is 6.43 Å². The molecular weight excluding hydrogens is 378 g/mol. The van der Waals surface area contributed by atoms with Crippen LogP contribution in [0, 0.1) is 0 Å². The Labute approximate surface area is 169 Å². The summed E-state index contributed by atoms with van der Waals surface area (Å²) in [5, 5.41) is 10.5. The molecule has 0 amide bonds. The fraction of sp³-hybridized carbons (Fsp3) is 0.304. The molecule has 5 rings (SSSR count). The average Bonchev–Trinajstić information content (AvgIpc) is 2.71. The summed E-state index contributed by atoms with van der Waals surface area (Å²) in [6.07, 6.45) is -2.44. The highest BCUT2D eigenvalue weighted by Gasteiger charge is 2.27. The molecule has 0 radical (unpaired) electrons. The van der Waals surface area contributed by atoms with Gasteiger partial charge in [-0.15, -0.1) is 12.4 Å². The van der Waals surface area contributed by atoms with Crippen molar-refractivity contribution in [1.29, 1.82) is 0 Å². The first-order chi connectivity index (χ1) is 13.2. The maximum absolute atomic E-state index is 13.5. The van der Waals surface area contributed by atoms with Crippen LogP contribution in [0.3, 0.4) is 0 Å². The smallest absolute Gasteiger partial charge is 0.240 e. The number of nitrogens with zero attached hydrogens (tertiary/aromatic N) is 1. The van der Waals surface area contributed by atoms with E-state index in [1.54, 1.807) is 0 Å². The van der Waals surface area contributed by atoms with Crippen LogP contribution in [0.25, 0.3) is 32.3 Å². The minimum absolute atomic E-state index is 0. The number of nitrogens with one attached hydrogen (secondary N) is 1. The molecule has 0 bridgehead atoms. The summed E-state index contributed by atoms with van der Waals surface area (Å²) >= 11 is 0. The van der Waals surface area contributed by atoms with Gasteiger partial charge in [0, 0.05) is 38.6 Å². The fourth-order valence-corrected chi connectivity index (χ4v) is 4.68. The van der Waals surface area contributed by atoms with E-state index < -0.39 is 6.43 Å². The Bertz CT molecular complexity index is 1080. The number of piperazine rings is 1. The summed E-state index contributed by atoms with van der Waals surface area (Å²) < 4.78 is 27.0. The van der Waals surface area contributed by atoms with Crippen molar-refractivity contribution < 1.29 is 8.78 Å². The third kappa shape index (κ3) is 3.20. The summed E-state index contributed by atoms with van der Waals surface area (Å²) in [5.41, 5.74) is 1.03. The second kappa shape index (κ2) is 7.78. The van der Waals surface area contributed by atoms with Crippen molar-refractivity contribution in [3.63, 3.8) is 0 Å². The van der Waals surface area contributed by atoms with Crippen LogP contribution in [0.5, 0.6) is 0 Å². The molecule has 2 nitrogen and oxygen atoms in total. The van der Waals surface area contributed by atoms with E-state index in [4.69, 9.17) is 0 Å². The normalized spacial score (nSPS) is 16.8. The van der Waals surface area contributed by atoms with Crippen molar-refractivity contribution in [3.8, 4) is 0 Å². The van der Waals surface area contributed by atoms with E-state index in [0.29, 0.717) is 0 Å². The molecule has 1 fully saturated rings. The summed E-state index contributed by atoms with van der Waals surface area (Å²) in [6, 6.07) is 18.8. The minimum Gasteiger partial charge on any atom is -0.314 e. The molecule has 1 atom stereocenters. The highest BCUT2D eigenvalue weighted by atomic mass is 35.5. The molecule has 146 valence electrons. The Balaban J connectivity index is 0.00000192. The topological polar surface area (TPSA) is 15.3 Å². The van der Waals surface area contributed by atoms with Crippen LogP contribution in [0.4, 0.5) is 8.78 Å². The molecule has 0 unspecified atom stereocenters. The number of hydrogen-bond donors (Lipinski definition) is 1. The van der Waals surface area contributed by atoms with Crippen molar-refractivity contribution in [2.45, 2.75) is 18.9 Å². The van der Waals surface area contributed by atoms with Gasteiger partial charge in [-0.3, -0.25) is 4.90 Å². The van der Waals surface area contributed by atoms with Crippen molar-refractivity contribution >= 4 is 44.7 Å². The molecule has 1 aliphatic heterocycles. The average molecular weight is 401 g/mol. The predicted molar refractivity (Wildman–Crippen MR) is 115 cm³/mol. The SMILES string of the molecule is Cl.FC(F)C[C@@H](c1ccc2ccc3cccc4ccc1c2c34)N1CCNCC1. The van der Waals surface area contributed by atoms with Gasteiger partial charge in [-0.2, -0.15) is 0 Å². The highest BCUT2D eigenvalue weighted by Crippen LogP contribution is 2.40. The number of benzene rings is 4. The van der Waals surface area contributed by atoms with Gasteiger partial charge in [-0.05, 0) is 37.9 Å². The van der Waals surface area contributed by atoms with Crippen molar-refractivity contribution in [3.05, 3.63) is 60.2 Å². The zero-order valence-corrected chi connectivity index (χ0v) is 16.3. The van der Waals surface area contributed by atoms with Gasteiger partial charge in [0.1, 0.15) is 0 Å². The van der Waals surface area contributed by atoms with Crippen LogP contribution < -0.4 is 5.32 Å². The van der Waals surface area contributed by atoms with Gasteiger partial charge in [-0.1, -0.05) is 54.6 Å². The summed E-state index contributed by atoms with van der Waals surface area (Å²) in [6.45, 7) is 3.32. The molecule has 1 aliphatic rings. The predicted octanol–water partition coefficient (Wildman–Crippen LogP) is 5.61. The molecule has 0 spiro atoms. The lowest BCUT2D eigenvalue weighted by atomic mass is 9.88. The van der Waals surface area contributed by atoms with Gasteiger partial charge in [-0.25, -0.2) is 8.78 Å². The van der Waals surface area contributed by atoms with Crippen LogP contribution in [-0.2, 0) is 0 Å². The Morgan fingerprint density at radius 3 is 2.11 bits per heavy atom. The minimum atomic E-state index is -2.32. The maximum Gasteiger partial charge on any atom is 0.240 e. The van der Waals surface area contributed by atoms with E-state index in [2.05, 4.69) is 64.8 Å². The molecule has 0 aliphatic carbocycles. The van der Waals surface area contributed by atoms with E-state index >= 15 is 0 Å². The van der Waals surface area contributed by atoms with Crippen LogP contribution in [-0.4, -0.2) is 37.5 Å². The van der Waals surface area contributed by atoms with Gasteiger partial charge >= 0.3 is 0 Å². The van der Waals surface area contributed by atoms with E-state index in [1.807, 2.05) is 0 Å². The van der Waals surface area contributed by atoms with Gasteiger partial charge in [0.25, 0.3) is 0 Å². The van der Waals surface area contributed by atoms with E-state index in [-0.39, 0.29) is 24.9 Å². The molecule has 1 N–H and O–H groups in total. The standard InChI is InChI=1S/C23H22F2N2.ClH/c24-21(25)14-20(27-12-10-26-11-13-27)18-8-6-17-5-4-15-2-1-3-16-7-9-19(18)23(17)22(15)16;/h1-9,20-21,26H,10-14H2;1H/t20-;/m0./s1.